The van der Waals surface area contributed by atoms with E-state index in [-0.39, 0.29) is 30.1 Å². The van der Waals surface area contributed by atoms with Gasteiger partial charge in [0.1, 0.15) is 6.61 Å². The maximum absolute atomic E-state index is 12.2. The standard InChI is InChI=1S/C13H18N2O4S/c1-10-5-3-4-6-12(10)20(17,18)14-7-11-8-15(2)13(16)9-19-11/h3-6,11,14H,7-9H2,1-2H3. The molecule has 6 nitrogen and oxygen atoms in total. The highest BCUT2D eigenvalue weighted by molar-refractivity contribution is 7.89. The highest BCUT2D eigenvalue weighted by atomic mass is 32.2. The van der Waals surface area contributed by atoms with Crippen molar-refractivity contribution in [2.24, 2.45) is 0 Å². The number of hydrogen-bond donors (Lipinski definition) is 1. The smallest absolute Gasteiger partial charge is 0.248 e. The second-order valence-electron chi connectivity index (χ2n) is 4.82. The molecule has 1 unspecified atom stereocenters. The minimum atomic E-state index is -3.55. The fraction of sp³-hybridized carbons (Fsp3) is 0.462. The maximum Gasteiger partial charge on any atom is 0.248 e. The number of amides is 1. The number of ether oxygens (including phenoxy) is 1. The number of nitrogens with one attached hydrogen (secondary N) is 1. The number of sulfonamides is 1. The molecule has 0 radical (unpaired) electrons. The molecule has 0 spiro atoms. The molecule has 0 aliphatic carbocycles. The lowest BCUT2D eigenvalue weighted by Crippen LogP contribution is -2.48. The van der Waals surface area contributed by atoms with Crippen molar-refractivity contribution in [3.05, 3.63) is 29.8 Å². The van der Waals surface area contributed by atoms with Gasteiger partial charge in [-0.25, -0.2) is 13.1 Å². The average Bonchev–Trinajstić information content (AvgIpc) is 2.40. The van der Waals surface area contributed by atoms with E-state index < -0.39 is 10.0 Å². The van der Waals surface area contributed by atoms with Gasteiger partial charge in [-0.1, -0.05) is 18.2 Å². The number of carbonyl (C=O) groups excluding carboxylic acids is 1. The van der Waals surface area contributed by atoms with Crippen LogP contribution in [0.3, 0.4) is 0 Å². The first-order chi connectivity index (χ1) is 9.40. The van der Waals surface area contributed by atoms with Gasteiger partial charge in [-0.2, -0.15) is 0 Å². The molecular weight excluding hydrogens is 280 g/mol. The minimum Gasteiger partial charge on any atom is -0.365 e. The third-order valence-corrected chi connectivity index (χ3v) is 4.81. The summed E-state index contributed by atoms with van der Waals surface area (Å²) in [5, 5.41) is 0. The van der Waals surface area contributed by atoms with Crippen LogP contribution in [0.25, 0.3) is 0 Å². The van der Waals surface area contributed by atoms with Gasteiger partial charge in [0, 0.05) is 20.1 Å². The molecule has 110 valence electrons. The summed E-state index contributed by atoms with van der Waals surface area (Å²) < 4.78 is 32.2. The van der Waals surface area contributed by atoms with Crippen LogP contribution in [-0.2, 0) is 19.6 Å². The van der Waals surface area contributed by atoms with Crippen molar-refractivity contribution in [1.29, 1.82) is 0 Å². The predicted molar refractivity (Wildman–Crippen MR) is 73.7 cm³/mol. The first kappa shape index (κ1) is 15.0. The van der Waals surface area contributed by atoms with Crippen LogP contribution < -0.4 is 4.72 Å². The van der Waals surface area contributed by atoms with Gasteiger partial charge in [0.25, 0.3) is 0 Å². The molecule has 1 saturated heterocycles. The Labute approximate surface area is 118 Å². The molecule has 0 aromatic heterocycles. The SMILES string of the molecule is Cc1ccccc1S(=O)(=O)NCC1CN(C)C(=O)CO1. The molecule has 7 heteroatoms. The van der Waals surface area contributed by atoms with Gasteiger partial charge in [0.05, 0.1) is 11.0 Å². The lowest BCUT2D eigenvalue weighted by Gasteiger charge is -2.29. The van der Waals surface area contributed by atoms with Crippen molar-refractivity contribution in [3.8, 4) is 0 Å². The third kappa shape index (κ3) is 3.36. The van der Waals surface area contributed by atoms with Crippen LogP contribution >= 0.6 is 0 Å². The molecule has 1 aromatic carbocycles. The number of rotatable bonds is 4. The van der Waals surface area contributed by atoms with Crippen LogP contribution in [0.5, 0.6) is 0 Å². The van der Waals surface area contributed by atoms with Crippen LogP contribution in [-0.4, -0.2) is 52.1 Å². The molecule has 20 heavy (non-hydrogen) atoms. The van der Waals surface area contributed by atoms with Crippen molar-refractivity contribution in [2.75, 3.05) is 26.7 Å². The summed E-state index contributed by atoms with van der Waals surface area (Å²) in [7, 11) is -1.88. The zero-order valence-electron chi connectivity index (χ0n) is 11.5. The van der Waals surface area contributed by atoms with Crippen molar-refractivity contribution in [1.82, 2.24) is 9.62 Å². The lowest BCUT2D eigenvalue weighted by atomic mass is 10.2. The number of benzene rings is 1. The monoisotopic (exact) mass is 298 g/mol. The zero-order chi connectivity index (χ0) is 14.8. The number of hydrogen-bond acceptors (Lipinski definition) is 4. The lowest BCUT2D eigenvalue weighted by molar-refractivity contribution is -0.146. The quantitative estimate of drug-likeness (QED) is 0.857. The molecule has 1 atom stereocenters. The van der Waals surface area contributed by atoms with Gasteiger partial charge >= 0.3 is 0 Å². The molecular formula is C13H18N2O4S. The predicted octanol–water partition coefficient (Wildman–Crippen LogP) is 0.131. The van der Waals surface area contributed by atoms with Crippen molar-refractivity contribution in [2.45, 2.75) is 17.9 Å². The second kappa shape index (κ2) is 5.90. The Kier molecular flexibility index (Phi) is 4.42. The number of carbonyl (C=O) groups is 1. The molecule has 1 aromatic rings. The Bertz CT molecular complexity index is 600. The number of morpholine rings is 1. The molecule has 1 heterocycles. The van der Waals surface area contributed by atoms with E-state index in [1.807, 2.05) is 0 Å². The van der Waals surface area contributed by atoms with E-state index in [1.54, 1.807) is 38.2 Å². The van der Waals surface area contributed by atoms with E-state index in [9.17, 15) is 13.2 Å². The summed E-state index contributed by atoms with van der Waals surface area (Å²) in [5.74, 6) is -0.0944. The number of likely N-dealkylation sites (N-methyl/N-ethyl adjacent to an activating group) is 1. The molecule has 0 bridgehead atoms. The first-order valence-electron chi connectivity index (χ1n) is 6.31. The second-order valence-corrected chi connectivity index (χ2v) is 6.56. The summed E-state index contributed by atoms with van der Waals surface area (Å²) >= 11 is 0. The summed E-state index contributed by atoms with van der Waals surface area (Å²) in [6.45, 7) is 2.27. The van der Waals surface area contributed by atoms with Gasteiger partial charge in [0.2, 0.25) is 15.9 Å². The summed E-state index contributed by atoms with van der Waals surface area (Å²) in [6, 6.07) is 6.79. The van der Waals surface area contributed by atoms with Gasteiger partial charge in [-0.05, 0) is 18.6 Å². The largest absolute Gasteiger partial charge is 0.365 e. The molecule has 1 aliphatic heterocycles. The fourth-order valence-corrected chi connectivity index (χ4v) is 3.33. The van der Waals surface area contributed by atoms with Crippen LogP contribution in [0.4, 0.5) is 0 Å². The Morgan fingerprint density at radius 1 is 1.40 bits per heavy atom. The normalized spacial score (nSPS) is 20.2. The Balaban J connectivity index is 2.00. The van der Waals surface area contributed by atoms with Crippen LogP contribution in [0.1, 0.15) is 5.56 Å². The molecule has 0 saturated carbocycles. The summed E-state index contributed by atoms with van der Waals surface area (Å²) in [5.41, 5.74) is 0.692. The molecule has 1 fully saturated rings. The molecule has 1 amide bonds. The Morgan fingerprint density at radius 3 is 2.75 bits per heavy atom. The van der Waals surface area contributed by atoms with Crippen molar-refractivity contribution < 1.29 is 17.9 Å². The molecule has 2 rings (SSSR count). The van der Waals surface area contributed by atoms with E-state index in [0.717, 1.165) is 0 Å². The number of aryl methyl sites for hydroxylation is 1. The van der Waals surface area contributed by atoms with E-state index in [2.05, 4.69) is 4.72 Å². The average molecular weight is 298 g/mol. The molecule has 1 aliphatic rings. The fourth-order valence-electron chi connectivity index (χ4n) is 2.02. The van der Waals surface area contributed by atoms with Crippen molar-refractivity contribution >= 4 is 15.9 Å². The van der Waals surface area contributed by atoms with E-state index in [1.165, 1.54) is 4.90 Å². The maximum atomic E-state index is 12.2. The first-order valence-corrected chi connectivity index (χ1v) is 7.79. The van der Waals surface area contributed by atoms with Gasteiger partial charge in [-0.3, -0.25) is 4.79 Å². The van der Waals surface area contributed by atoms with Crippen molar-refractivity contribution in [3.63, 3.8) is 0 Å². The topological polar surface area (TPSA) is 75.7 Å². The van der Waals surface area contributed by atoms with E-state index >= 15 is 0 Å². The Morgan fingerprint density at radius 2 is 2.10 bits per heavy atom. The zero-order valence-corrected chi connectivity index (χ0v) is 12.3. The van der Waals surface area contributed by atoms with Crippen LogP contribution in [0.2, 0.25) is 0 Å². The van der Waals surface area contributed by atoms with E-state index in [4.69, 9.17) is 4.74 Å². The highest BCUT2D eigenvalue weighted by Gasteiger charge is 2.25. The summed E-state index contributed by atoms with van der Waals surface area (Å²) in [4.78, 5) is 13.1. The highest BCUT2D eigenvalue weighted by Crippen LogP contribution is 2.14. The van der Waals surface area contributed by atoms with E-state index in [0.29, 0.717) is 12.1 Å². The van der Waals surface area contributed by atoms with Crippen LogP contribution in [0.15, 0.2) is 29.2 Å². The van der Waals surface area contributed by atoms with Crippen LogP contribution in [0, 0.1) is 6.92 Å². The molecule has 1 N–H and O–H groups in total. The van der Waals surface area contributed by atoms with Gasteiger partial charge < -0.3 is 9.64 Å². The summed E-state index contributed by atoms with van der Waals surface area (Å²) in [6.07, 6.45) is -0.323. The third-order valence-electron chi connectivity index (χ3n) is 3.23. The Hall–Kier alpha value is -1.44. The van der Waals surface area contributed by atoms with Gasteiger partial charge in [-0.15, -0.1) is 0 Å². The van der Waals surface area contributed by atoms with Gasteiger partial charge in [0.15, 0.2) is 0 Å². The number of nitrogens with zero attached hydrogens (tertiary/aromatic N) is 1. The minimum absolute atomic E-state index is 0.00669.